The number of halogens is 2. The summed E-state index contributed by atoms with van der Waals surface area (Å²) in [5.41, 5.74) is 1.46. The lowest BCUT2D eigenvalue weighted by molar-refractivity contribution is 0.0306. The van der Waals surface area contributed by atoms with Gasteiger partial charge in [0.2, 0.25) is 0 Å². The molecule has 0 saturated carbocycles. The fraction of sp³-hybridized carbons (Fsp3) is 0.474. The topological polar surface area (TPSA) is 56.2 Å². The number of carbonyl (C=O) groups excluding carboxylic acids is 1. The first-order chi connectivity index (χ1) is 12.2. The Morgan fingerprint density at radius 2 is 2.08 bits per heavy atom. The number of amides is 1. The molecule has 138 valence electrons. The smallest absolute Gasteiger partial charge is 0.272 e. The molecule has 1 saturated heterocycles. The van der Waals surface area contributed by atoms with Crippen LogP contribution in [0.2, 0.25) is 0 Å². The van der Waals surface area contributed by atoms with E-state index in [9.17, 15) is 13.6 Å². The molecule has 1 amide bonds. The molecule has 0 radical (unpaired) electrons. The molecule has 2 unspecified atom stereocenters. The van der Waals surface area contributed by atoms with Gasteiger partial charge < -0.3 is 10.1 Å². The van der Waals surface area contributed by atoms with Gasteiger partial charge in [0.25, 0.3) is 5.91 Å². The molecule has 7 heteroatoms. The minimum atomic E-state index is -0.711. The highest BCUT2D eigenvalue weighted by Crippen LogP contribution is 2.43. The van der Waals surface area contributed by atoms with E-state index in [1.807, 2.05) is 20.8 Å². The molecule has 4 rings (SSSR count). The zero-order valence-corrected chi connectivity index (χ0v) is 15.0. The fourth-order valence-corrected chi connectivity index (χ4v) is 3.70. The number of nitrogens with zero attached hydrogens (tertiary/aromatic N) is 2. The van der Waals surface area contributed by atoms with E-state index in [0.29, 0.717) is 6.42 Å². The van der Waals surface area contributed by atoms with E-state index in [1.165, 1.54) is 16.8 Å². The highest BCUT2D eigenvalue weighted by Gasteiger charge is 2.41. The van der Waals surface area contributed by atoms with Gasteiger partial charge in [-0.1, -0.05) is 0 Å². The second kappa shape index (κ2) is 5.87. The number of rotatable bonds is 2. The highest BCUT2D eigenvalue weighted by atomic mass is 19.1. The predicted octanol–water partition coefficient (Wildman–Crippen LogP) is 3.46. The van der Waals surface area contributed by atoms with Gasteiger partial charge in [0.15, 0.2) is 11.5 Å². The van der Waals surface area contributed by atoms with E-state index in [1.54, 1.807) is 0 Å². The van der Waals surface area contributed by atoms with Crippen LogP contribution in [0.4, 0.5) is 8.78 Å². The lowest BCUT2D eigenvalue weighted by Crippen LogP contribution is -2.41. The number of ether oxygens (including phenoxy) is 1. The van der Waals surface area contributed by atoms with Crippen molar-refractivity contribution in [3.63, 3.8) is 0 Å². The maximum Gasteiger partial charge on any atom is 0.272 e. The van der Waals surface area contributed by atoms with E-state index < -0.39 is 17.2 Å². The van der Waals surface area contributed by atoms with Crippen LogP contribution < -0.4 is 5.32 Å². The summed E-state index contributed by atoms with van der Waals surface area (Å²) in [5, 5.41) is 7.33. The summed E-state index contributed by atoms with van der Waals surface area (Å²) in [6, 6.07) is 3.36. The van der Waals surface area contributed by atoms with Crippen molar-refractivity contribution in [2.24, 2.45) is 0 Å². The van der Waals surface area contributed by atoms with E-state index in [-0.39, 0.29) is 29.5 Å². The Balaban J connectivity index is 1.86. The van der Waals surface area contributed by atoms with Gasteiger partial charge in [-0.15, -0.1) is 0 Å². The number of carbonyl (C=O) groups is 1. The molecular formula is C19H21F2N3O2. The van der Waals surface area contributed by atoms with E-state index in [2.05, 4.69) is 10.4 Å². The van der Waals surface area contributed by atoms with Crippen LogP contribution in [0.15, 0.2) is 18.2 Å². The Bertz CT molecular complexity index is 886. The summed E-state index contributed by atoms with van der Waals surface area (Å²) in [4.78, 5) is 12.8. The number of fused-ring (bicyclic) bond motifs is 4. The number of nitrogens with one attached hydrogen (secondary N) is 1. The molecule has 0 spiro atoms. The molecule has 26 heavy (non-hydrogen) atoms. The largest absolute Gasteiger partial charge is 0.370 e. The standard InChI is InChI=1S/C19H21F2N3O2/c1-19(2,3)22-18(25)17-16-14(9-11-5-7-15(16)26-11)24(23-17)13-6-4-10(20)8-12(13)21/h4,6,8,11,15H,5,7,9H2,1-3H3,(H,22,25). The molecule has 3 heterocycles. The fourth-order valence-electron chi connectivity index (χ4n) is 3.70. The van der Waals surface area contributed by atoms with Crippen molar-refractivity contribution in [2.45, 2.75) is 57.8 Å². The molecule has 5 nitrogen and oxygen atoms in total. The molecule has 2 atom stereocenters. The van der Waals surface area contributed by atoms with Crippen molar-refractivity contribution in [3.05, 3.63) is 46.8 Å². The third kappa shape index (κ3) is 2.90. The van der Waals surface area contributed by atoms with Crippen LogP contribution >= 0.6 is 0 Å². The van der Waals surface area contributed by atoms with E-state index in [4.69, 9.17) is 4.74 Å². The highest BCUT2D eigenvalue weighted by molar-refractivity contribution is 5.94. The molecule has 1 N–H and O–H groups in total. The quantitative estimate of drug-likeness (QED) is 0.891. The van der Waals surface area contributed by atoms with E-state index >= 15 is 0 Å². The minimum absolute atomic E-state index is 0.0463. The summed E-state index contributed by atoms with van der Waals surface area (Å²) >= 11 is 0. The third-order valence-electron chi connectivity index (χ3n) is 4.71. The molecule has 2 bridgehead atoms. The van der Waals surface area contributed by atoms with Gasteiger partial charge in [-0.3, -0.25) is 4.79 Å². The Morgan fingerprint density at radius 1 is 1.31 bits per heavy atom. The molecule has 2 aliphatic rings. The summed E-state index contributed by atoms with van der Waals surface area (Å²) in [7, 11) is 0. The SMILES string of the molecule is CC(C)(C)NC(=O)c1nn(-c2ccc(F)cc2F)c2c1C1CCC(C2)O1. The molecule has 2 aromatic rings. The molecule has 1 fully saturated rings. The average molecular weight is 361 g/mol. The van der Waals surface area contributed by atoms with Crippen LogP contribution in [0.3, 0.4) is 0 Å². The van der Waals surface area contributed by atoms with Crippen LogP contribution in [0.25, 0.3) is 5.69 Å². The van der Waals surface area contributed by atoms with Gasteiger partial charge in [-0.25, -0.2) is 13.5 Å². The molecular weight excluding hydrogens is 340 g/mol. The lowest BCUT2D eigenvalue weighted by Gasteiger charge is -2.23. The molecule has 1 aromatic heterocycles. The normalized spacial score (nSPS) is 21.6. The molecule has 1 aromatic carbocycles. The Morgan fingerprint density at radius 3 is 2.77 bits per heavy atom. The van der Waals surface area contributed by atoms with Crippen LogP contribution in [0.5, 0.6) is 0 Å². The molecule has 0 aliphatic carbocycles. The monoisotopic (exact) mass is 361 g/mol. The number of benzene rings is 1. The number of hydrogen-bond acceptors (Lipinski definition) is 3. The molecule has 2 aliphatic heterocycles. The Labute approximate surface area is 150 Å². The predicted molar refractivity (Wildman–Crippen MR) is 91.3 cm³/mol. The van der Waals surface area contributed by atoms with Gasteiger partial charge in [-0.2, -0.15) is 5.10 Å². The van der Waals surface area contributed by atoms with Crippen molar-refractivity contribution in [1.82, 2.24) is 15.1 Å². The average Bonchev–Trinajstić information content (AvgIpc) is 3.09. The van der Waals surface area contributed by atoms with Crippen molar-refractivity contribution in [2.75, 3.05) is 0 Å². The van der Waals surface area contributed by atoms with Gasteiger partial charge >= 0.3 is 0 Å². The van der Waals surface area contributed by atoms with Crippen LogP contribution in [0, 0.1) is 11.6 Å². The second-order valence-corrected chi connectivity index (χ2v) is 7.95. The Kier molecular flexibility index (Phi) is 3.87. The van der Waals surface area contributed by atoms with Crippen molar-refractivity contribution >= 4 is 5.91 Å². The number of hydrogen-bond donors (Lipinski definition) is 1. The Hall–Kier alpha value is -2.28. The summed E-state index contributed by atoms with van der Waals surface area (Å²) in [5.74, 6) is -1.68. The first kappa shape index (κ1) is 17.1. The van der Waals surface area contributed by atoms with Crippen LogP contribution in [-0.4, -0.2) is 27.3 Å². The van der Waals surface area contributed by atoms with Gasteiger partial charge in [0.05, 0.1) is 17.9 Å². The van der Waals surface area contributed by atoms with Gasteiger partial charge in [0.1, 0.15) is 11.5 Å². The second-order valence-electron chi connectivity index (χ2n) is 7.95. The van der Waals surface area contributed by atoms with Crippen molar-refractivity contribution in [3.8, 4) is 5.69 Å². The van der Waals surface area contributed by atoms with E-state index in [0.717, 1.165) is 30.2 Å². The number of aromatic nitrogens is 2. The summed E-state index contributed by atoms with van der Waals surface area (Å²) < 4.78 is 35.1. The van der Waals surface area contributed by atoms with Crippen LogP contribution in [0.1, 0.15) is 61.5 Å². The maximum absolute atomic E-state index is 14.4. The summed E-state index contributed by atoms with van der Waals surface area (Å²) in [6.07, 6.45) is 2.10. The zero-order chi connectivity index (χ0) is 18.6. The van der Waals surface area contributed by atoms with Gasteiger partial charge in [-0.05, 0) is 45.7 Å². The first-order valence-corrected chi connectivity index (χ1v) is 8.78. The van der Waals surface area contributed by atoms with Crippen molar-refractivity contribution in [1.29, 1.82) is 0 Å². The summed E-state index contributed by atoms with van der Waals surface area (Å²) in [6.45, 7) is 5.66. The van der Waals surface area contributed by atoms with Crippen molar-refractivity contribution < 1.29 is 18.3 Å². The minimum Gasteiger partial charge on any atom is -0.370 e. The van der Waals surface area contributed by atoms with Gasteiger partial charge in [0, 0.05) is 23.6 Å². The zero-order valence-electron chi connectivity index (χ0n) is 15.0. The first-order valence-electron chi connectivity index (χ1n) is 8.78. The van der Waals surface area contributed by atoms with Crippen LogP contribution in [-0.2, 0) is 11.2 Å². The maximum atomic E-state index is 14.4. The third-order valence-corrected chi connectivity index (χ3v) is 4.71. The lowest BCUT2D eigenvalue weighted by atomic mass is 10.0.